The van der Waals surface area contributed by atoms with E-state index in [1.165, 1.54) is 18.1 Å². The van der Waals surface area contributed by atoms with Crippen molar-refractivity contribution in [2.24, 2.45) is 0 Å². The predicted octanol–water partition coefficient (Wildman–Crippen LogP) is 2.82. The molecule has 1 aromatic carbocycles. The summed E-state index contributed by atoms with van der Waals surface area (Å²) in [5, 5.41) is 12.5. The number of hydrogen-bond donors (Lipinski definition) is 1. The van der Waals surface area contributed by atoms with Crippen LogP contribution in [0.5, 0.6) is 0 Å². The maximum Gasteiger partial charge on any atom is 0.336 e. The summed E-state index contributed by atoms with van der Waals surface area (Å²) < 4.78 is 5.41. The second-order valence-corrected chi connectivity index (χ2v) is 4.97. The molecule has 0 radical (unpaired) electrons. The van der Waals surface area contributed by atoms with E-state index >= 15 is 0 Å². The van der Waals surface area contributed by atoms with Crippen molar-refractivity contribution in [2.45, 2.75) is 10.6 Å². The summed E-state index contributed by atoms with van der Waals surface area (Å²) >= 11 is 4.63. The van der Waals surface area contributed by atoms with Crippen LogP contribution in [0.4, 0.5) is 0 Å². The number of carboxylic acid groups (broad SMARTS) is 1. The molecule has 2 aromatic rings. The molecule has 0 spiro atoms. The third kappa shape index (κ3) is 3.07. The highest BCUT2D eigenvalue weighted by atomic mass is 79.9. The number of benzene rings is 1. The fourth-order valence-corrected chi connectivity index (χ4v) is 2.36. The lowest BCUT2D eigenvalue weighted by Gasteiger charge is -2.02. The van der Waals surface area contributed by atoms with Crippen LogP contribution in [0, 0.1) is 0 Å². The van der Waals surface area contributed by atoms with Crippen LogP contribution in [0.25, 0.3) is 0 Å². The van der Waals surface area contributed by atoms with Crippen molar-refractivity contribution in [3.8, 4) is 0 Å². The Labute approximate surface area is 109 Å². The minimum Gasteiger partial charge on any atom is -0.478 e. The Balaban J connectivity index is 2.11. The molecule has 0 amide bonds. The number of nitrogens with zero attached hydrogens (tertiary/aromatic N) is 2. The summed E-state index contributed by atoms with van der Waals surface area (Å²) in [6, 6.07) is 5.14. The number of carbonyl (C=O) groups is 1. The Kier molecular flexibility index (Phi) is 3.80. The van der Waals surface area contributed by atoms with Crippen LogP contribution in [0.2, 0.25) is 0 Å². The number of thioether (sulfide) groups is 1. The molecular formula is C10H7BrN2O3S. The zero-order valence-electron chi connectivity index (χ0n) is 8.46. The lowest BCUT2D eigenvalue weighted by atomic mass is 10.2. The van der Waals surface area contributed by atoms with Gasteiger partial charge in [0, 0.05) is 9.37 Å². The van der Waals surface area contributed by atoms with Crippen molar-refractivity contribution >= 4 is 33.7 Å². The predicted molar refractivity (Wildman–Crippen MR) is 65.0 cm³/mol. The van der Waals surface area contributed by atoms with Crippen LogP contribution >= 0.6 is 27.7 Å². The lowest BCUT2D eigenvalue weighted by Crippen LogP contribution is -1.97. The highest BCUT2D eigenvalue weighted by Crippen LogP contribution is 2.26. The van der Waals surface area contributed by atoms with Crippen molar-refractivity contribution in [3.63, 3.8) is 0 Å². The molecule has 0 unspecified atom stereocenters. The molecule has 0 saturated heterocycles. The van der Waals surface area contributed by atoms with Gasteiger partial charge in [0.05, 0.1) is 11.3 Å². The molecule has 0 fully saturated rings. The molecule has 7 heteroatoms. The van der Waals surface area contributed by atoms with Gasteiger partial charge in [-0.25, -0.2) is 4.79 Å². The molecule has 2 rings (SSSR count). The maximum absolute atomic E-state index is 10.9. The summed E-state index contributed by atoms with van der Waals surface area (Å²) in [4.78, 5) is 15.6. The molecule has 1 N–H and O–H groups in total. The van der Waals surface area contributed by atoms with Crippen molar-refractivity contribution in [1.82, 2.24) is 10.1 Å². The number of halogens is 1. The number of hydrogen-bond acceptors (Lipinski definition) is 5. The average Bonchev–Trinajstić information content (AvgIpc) is 2.80. The molecule has 0 saturated carbocycles. The van der Waals surface area contributed by atoms with E-state index in [2.05, 4.69) is 26.1 Å². The topological polar surface area (TPSA) is 76.2 Å². The SMILES string of the molecule is O=C(O)c1cc(SCc2ncno2)ccc1Br. The second-order valence-electron chi connectivity index (χ2n) is 3.07. The number of carboxylic acids is 1. The molecule has 1 heterocycles. The van der Waals surface area contributed by atoms with E-state index in [1.54, 1.807) is 12.1 Å². The minimum atomic E-state index is -0.961. The average molecular weight is 315 g/mol. The van der Waals surface area contributed by atoms with Gasteiger partial charge in [0.15, 0.2) is 6.33 Å². The molecular weight excluding hydrogens is 308 g/mol. The van der Waals surface area contributed by atoms with E-state index in [4.69, 9.17) is 9.63 Å². The van der Waals surface area contributed by atoms with E-state index in [1.807, 2.05) is 6.07 Å². The zero-order chi connectivity index (χ0) is 12.3. The molecule has 0 aliphatic heterocycles. The number of aromatic carboxylic acids is 1. The van der Waals surface area contributed by atoms with Gasteiger partial charge in [0.25, 0.3) is 0 Å². The first-order valence-electron chi connectivity index (χ1n) is 4.58. The molecule has 0 aliphatic rings. The summed E-state index contributed by atoms with van der Waals surface area (Å²) in [6.07, 6.45) is 1.33. The fourth-order valence-electron chi connectivity index (χ4n) is 1.16. The minimum absolute atomic E-state index is 0.237. The van der Waals surface area contributed by atoms with Gasteiger partial charge in [-0.15, -0.1) is 11.8 Å². The van der Waals surface area contributed by atoms with E-state index in [9.17, 15) is 4.79 Å². The first-order chi connectivity index (χ1) is 8.16. The zero-order valence-corrected chi connectivity index (χ0v) is 10.9. The molecule has 0 aliphatic carbocycles. The third-order valence-electron chi connectivity index (χ3n) is 1.94. The number of aromatic nitrogens is 2. The van der Waals surface area contributed by atoms with Gasteiger partial charge >= 0.3 is 5.97 Å². The normalized spacial score (nSPS) is 10.4. The molecule has 88 valence electrons. The van der Waals surface area contributed by atoms with Crippen LogP contribution in [-0.2, 0) is 5.75 Å². The van der Waals surface area contributed by atoms with E-state index in [-0.39, 0.29) is 5.56 Å². The smallest absolute Gasteiger partial charge is 0.336 e. The van der Waals surface area contributed by atoms with Gasteiger partial charge in [0.2, 0.25) is 5.89 Å². The van der Waals surface area contributed by atoms with Crippen LogP contribution in [0.15, 0.2) is 38.4 Å². The molecule has 17 heavy (non-hydrogen) atoms. The Morgan fingerprint density at radius 3 is 3.00 bits per heavy atom. The van der Waals surface area contributed by atoms with Crippen molar-refractivity contribution < 1.29 is 14.4 Å². The standard InChI is InChI=1S/C10H7BrN2O3S/c11-8-2-1-6(3-7(8)10(14)15)17-4-9-12-5-13-16-9/h1-3,5H,4H2,(H,14,15). The Morgan fingerprint density at radius 1 is 1.53 bits per heavy atom. The largest absolute Gasteiger partial charge is 0.478 e. The first kappa shape index (κ1) is 12.1. The van der Waals surface area contributed by atoms with Crippen molar-refractivity contribution in [2.75, 3.05) is 0 Å². The molecule has 0 bridgehead atoms. The Hall–Kier alpha value is -1.34. The van der Waals surface area contributed by atoms with Gasteiger partial charge in [-0.05, 0) is 34.1 Å². The van der Waals surface area contributed by atoms with Crippen molar-refractivity contribution in [3.05, 3.63) is 40.5 Å². The summed E-state index contributed by atoms with van der Waals surface area (Å²) in [6.45, 7) is 0. The monoisotopic (exact) mass is 314 g/mol. The van der Waals surface area contributed by atoms with Gasteiger partial charge in [-0.2, -0.15) is 4.98 Å². The highest BCUT2D eigenvalue weighted by Gasteiger charge is 2.10. The van der Waals surface area contributed by atoms with Gasteiger partial charge in [-0.1, -0.05) is 5.16 Å². The summed E-state index contributed by atoms with van der Waals surface area (Å²) in [7, 11) is 0. The molecule has 5 nitrogen and oxygen atoms in total. The van der Waals surface area contributed by atoms with E-state index < -0.39 is 5.97 Å². The lowest BCUT2D eigenvalue weighted by molar-refractivity contribution is 0.0695. The maximum atomic E-state index is 10.9. The Morgan fingerprint density at radius 2 is 2.35 bits per heavy atom. The highest BCUT2D eigenvalue weighted by molar-refractivity contribution is 9.10. The molecule has 0 atom stereocenters. The van der Waals surface area contributed by atoms with Crippen molar-refractivity contribution in [1.29, 1.82) is 0 Å². The van der Waals surface area contributed by atoms with Crippen LogP contribution in [-0.4, -0.2) is 21.2 Å². The third-order valence-corrected chi connectivity index (χ3v) is 3.61. The van der Waals surface area contributed by atoms with Gasteiger partial charge in [0.1, 0.15) is 0 Å². The number of rotatable bonds is 4. The van der Waals surface area contributed by atoms with Gasteiger partial charge in [-0.3, -0.25) is 0 Å². The summed E-state index contributed by atoms with van der Waals surface area (Å²) in [5.74, 6) is 0.0626. The van der Waals surface area contributed by atoms with E-state index in [0.717, 1.165) is 4.90 Å². The Bertz CT molecular complexity index is 530. The molecule has 1 aromatic heterocycles. The summed E-state index contributed by atoms with van der Waals surface area (Å²) in [5.41, 5.74) is 0.237. The van der Waals surface area contributed by atoms with Gasteiger partial charge < -0.3 is 9.63 Å². The van der Waals surface area contributed by atoms with Crippen LogP contribution in [0.1, 0.15) is 16.2 Å². The van der Waals surface area contributed by atoms with E-state index in [0.29, 0.717) is 16.1 Å². The van der Waals surface area contributed by atoms with Crippen LogP contribution in [0.3, 0.4) is 0 Å². The fraction of sp³-hybridized carbons (Fsp3) is 0.100. The second kappa shape index (κ2) is 5.33. The first-order valence-corrected chi connectivity index (χ1v) is 6.36. The van der Waals surface area contributed by atoms with Crippen LogP contribution < -0.4 is 0 Å². The quantitative estimate of drug-likeness (QED) is 0.874.